The molecule has 5 nitrogen and oxygen atoms in total. The summed E-state index contributed by atoms with van der Waals surface area (Å²) in [5.41, 5.74) is 1.15. The molecule has 0 aliphatic carbocycles. The van der Waals surface area contributed by atoms with E-state index < -0.39 is 0 Å². The zero-order valence-electron chi connectivity index (χ0n) is 14.7. The van der Waals surface area contributed by atoms with Crippen LogP contribution in [0.25, 0.3) is 0 Å². The first-order valence-electron chi connectivity index (χ1n) is 8.56. The van der Waals surface area contributed by atoms with Gasteiger partial charge in [0.15, 0.2) is 5.96 Å². The van der Waals surface area contributed by atoms with Crippen LogP contribution in [0.5, 0.6) is 5.75 Å². The van der Waals surface area contributed by atoms with E-state index in [2.05, 4.69) is 35.5 Å². The molecule has 23 heavy (non-hydrogen) atoms. The monoisotopic (exact) mass is 321 g/mol. The molecule has 0 bridgehead atoms. The molecule has 0 saturated heterocycles. The van der Waals surface area contributed by atoms with Gasteiger partial charge in [0.05, 0.1) is 6.54 Å². The average molecular weight is 321 g/mol. The number of benzene rings is 1. The van der Waals surface area contributed by atoms with Crippen LogP contribution in [-0.2, 0) is 4.74 Å². The Labute approximate surface area is 140 Å². The number of ether oxygens (including phenoxy) is 2. The Morgan fingerprint density at radius 2 is 1.91 bits per heavy atom. The molecule has 0 spiro atoms. The van der Waals surface area contributed by atoms with Gasteiger partial charge in [-0.1, -0.05) is 18.2 Å². The van der Waals surface area contributed by atoms with Gasteiger partial charge in [0.1, 0.15) is 12.4 Å². The van der Waals surface area contributed by atoms with Crippen LogP contribution in [0.4, 0.5) is 0 Å². The Bertz CT molecular complexity index is 450. The molecule has 0 aliphatic heterocycles. The molecule has 1 aromatic carbocycles. The Hall–Kier alpha value is -1.75. The first-order chi connectivity index (χ1) is 11.3. The van der Waals surface area contributed by atoms with E-state index in [0.717, 1.165) is 63.0 Å². The summed E-state index contributed by atoms with van der Waals surface area (Å²) in [5.74, 6) is 1.78. The number of hydrogen-bond donors (Lipinski definition) is 2. The lowest BCUT2D eigenvalue weighted by molar-refractivity contribution is 0.144. The third-order valence-electron chi connectivity index (χ3n) is 3.26. The lowest BCUT2D eigenvalue weighted by atomic mass is 10.2. The van der Waals surface area contributed by atoms with Crippen molar-refractivity contribution in [3.63, 3.8) is 0 Å². The number of rotatable bonds is 11. The van der Waals surface area contributed by atoms with Crippen LogP contribution in [0.2, 0.25) is 0 Å². The third kappa shape index (κ3) is 9.08. The number of hydrogen-bond acceptors (Lipinski definition) is 3. The molecule has 0 atom stereocenters. The molecule has 0 saturated carbocycles. The van der Waals surface area contributed by atoms with E-state index in [-0.39, 0.29) is 0 Å². The second-order valence-corrected chi connectivity index (χ2v) is 5.21. The normalized spacial score (nSPS) is 11.3. The Balaban J connectivity index is 2.23. The average Bonchev–Trinajstić information content (AvgIpc) is 2.56. The lowest BCUT2D eigenvalue weighted by Crippen LogP contribution is -2.39. The van der Waals surface area contributed by atoms with Crippen molar-refractivity contribution in [2.75, 3.05) is 39.5 Å². The summed E-state index contributed by atoms with van der Waals surface area (Å²) in [6, 6.07) is 8.05. The minimum atomic E-state index is 0.611. The first-order valence-corrected chi connectivity index (χ1v) is 8.56. The number of guanidine groups is 1. The minimum Gasteiger partial charge on any atom is -0.491 e. The highest BCUT2D eigenvalue weighted by molar-refractivity contribution is 5.79. The van der Waals surface area contributed by atoms with Gasteiger partial charge in [-0.3, -0.25) is 4.99 Å². The van der Waals surface area contributed by atoms with Gasteiger partial charge < -0.3 is 20.1 Å². The standard InChI is InChI=1S/C18H31N3O2/c1-4-19-18(20-12-8-9-14-22-5-2)21-13-15-23-17-11-7-6-10-16(17)3/h6-7,10-11H,4-5,8-9,12-15H2,1-3H3,(H2,19,20,21). The summed E-state index contributed by atoms with van der Waals surface area (Å²) in [6.07, 6.45) is 2.09. The highest BCUT2D eigenvalue weighted by Crippen LogP contribution is 2.15. The molecule has 0 radical (unpaired) electrons. The van der Waals surface area contributed by atoms with Crippen molar-refractivity contribution >= 4 is 5.96 Å². The Morgan fingerprint density at radius 3 is 2.65 bits per heavy atom. The second-order valence-electron chi connectivity index (χ2n) is 5.21. The maximum atomic E-state index is 5.77. The van der Waals surface area contributed by atoms with E-state index in [9.17, 15) is 0 Å². The fourth-order valence-corrected chi connectivity index (χ4v) is 2.04. The topological polar surface area (TPSA) is 54.9 Å². The smallest absolute Gasteiger partial charge is 0.191 e. The van der Waals surface area contributed by atoms with Gasteiger partial charge in [-0.05, 0) is 45.2 Å². The second kappa shape index (κ2) is 12.8. The minimum absolute atomic E-state index is 0.611. The molecule has 0 unspecified atom stereocenters. The van der Waals surface area contributed by atoms with Gasteiger partial charge in [-0.25, -0.2) is 0 Å². The maximum Gasteiger partial charge on any atom is 0.191 e. The SMILES string of the molecule is CCNC(=NCCCCOCC)NCCOc1ccccc1C. The summed E-state index contributed by atoms with van der Waals surface area (Å²) < 4.78 is 11.1. The summed E-state index contributed by atoms with van der Waals surface area (Å²) in [4.78, 5) is 4.56. The molecule has 0 aromatic heterocycles. The van der Waals surface area contributed by atoms with Crippen molar-refractivity contribution in [2.24, 2.45) is 4.99 Å². The van der Waals surface area contributed by atoms with Crippen LogP contribution in [0.15, 0.2) is 29.3 Å². The summed E-state index contributed by atoms with van der Waals surface area (Å²) in [6.45, 7) is 10.7. The predicted molar refractivity (Wildman–Crippen MR) is 96.4 cm³/mol. The van der Waals surface area contributed by atoms with Crippen LogP contribution in [-0.4, -0.2) is 45.4 Å². The fraction of sp³-hybridized carbons (Fsp3) is 0.611. The summed E-state index contributed by atoms with van der Waals surface area (Å²) in [7, 11) is 0. The molecular formula is C18H31N3O2. The lowest BCUT2D eigenvalue weighted by Gasteiger charge is -2.13. The van der Waals surface area contributed by atoms with Crippen LogP contribution in [0, 0.1) is 6.92 Å². The van der Waals surface area contributed by atoms with Crippen LogP contribution < -0.4 is 15.4 Å². The van der Waals surface area contributed by atoms with Gasteiger partial charge in [-0.15, -0.1) is 0 Å². The number of nitrogens with one attached hydrogen (secondary N) is 2. The fourth-order valence-electron chi connectivity index (χ4n) is 2.04. The zero-order chi connectivity index (χ0) is 16.8. The summed E-state index contributed by atoms with van der Waals surface area (Å²) >= 11 is 0. The van der Waals surface area contributed by atoms with Gasteiger partial charge in [0, 0.05) is 26.3 Å². The molecule has 5 heteroatoms. The highest BCUT2D eigenvalue weighted by atomic mass is 16.5. The van der Waals surface area contributed by atoms with E-state index in [4.69, 9.17) is 9.47 Å². The number of unbranched alkanes of at least 4 members (excludes halogenated alkanes) is 1. The number of aliphatic imine (C=N–C) groups is 1. The van der Waals surface area contributed by atoms with E-state index in [0.29, 0.717) is 6.61 Å². The van der Waals surface area contributed by atoms with Crippen molar-refractivity contribution in [3.8, 4) is 5.75 Å². The van der Waals surface area contributed by atoms with Crippen LogP contribution in [0.1, 0.15) is 32.3 Å². The van der Waals surface area contributed by atoms with Crippen molar-refractivity contribution < 1.29 is 9.47 Å². The van der Waals surface area contributed by atoms with Crippen LogP contribution in [0.3, 0.4) is 0 Å². The molecule has 0 aliphatic rings. The van der Waals surface area contributed by atoms with Crippen LogP contribution >= 0.6 is 0 Å². The Kier molecular flexibility index (Phi) is 10.7. The molecular weight excluding hydrogens is 290 g/mol. The first kappa shape index (κ1) is 19.3. The quantitative estimate of drug-likeness (QED) is 0.374. The molecule has 0 amide bonds. The number of para-hydroxylation sites is 1. The molecule has 2 N–H and O–H groups in total. The highest BCUT2D eigenvalue weighted by Gasteiger charge is 1.99. The van der Waals surface area contributed by atoms with Gasteiger partial charge >= 0.3 is 0 Å². The molecule has 1 aromatic rings. The van der Waals surface area contributed by atoms with E-state index in [1.165, 1.54) is 0 Å². The van der Waals surface area contributed by atoms with Gasteiger partial charge in [0.2, 0.25) is 0 Å². The molecule has 0 heterocycles. The molecule has 1 rings (SSSR count). The maximum absolute atomic E-state index is 5.77. The van der Waals surface area contributed by atoms with E-state index in [1.807, 2.05) is 25.1 Å². The molecule has 130 valence electrons. The Morgan fingerprint density at radius 1 is 1.09 bits per heavy atom. The number of aryl methyl sites for hydroxylation is 1. The largest absolute Gasteiger partial charge is 0.491 e. The summed E-state index contributed by atoms with van der Waals surface area (Å²) in [5, 5.41) is 6.54. The van der Waals surface area contributed by atoms with Gasteiger partial charge in [0.25, 0.3) is 0 Å². The van der Waals surface area contributed by atoms with Crippen molar-refractivity contribution in [1.82, 2.24) is 10.6 Å². The predicted octanol–water partition coefficient (Wildman–Crippen LogP) is 2.75. The van der Waals surface area contributed by atoms with Gasteiger partial charge in [-0.2, -0.15) is 0 Å². The zero-order valence-corrected chi connectivity index (χ0v) is 14.7. The van der Waals surface area contributed by atoms with Crippen molar-refractivity contribution in [1.29, 1.82) is 0 Å². The molecule has 0 fully saturated rings. The van der Waals surface area contributed by atoms with Crippen molar-refractivity contribution in [2.45, 2.75) is 33.6 Å². The third-order valence-corrected chi connectivity index (χ3v) is 3.26. The van der Waals surface area contributed by atoms with E-state index >= 15 is 0 Å². The van der Waals surface area contributed by atoms with Crippen molar-refractivity contribution in [3.05, 3.63) is 29.8 Å². The number of nitrogens with zero attached hydrogens (tertiary/aromatic N) is 1. The van der Waals surface area contributed by atoms with E-state index in [1.54, 1.807) is 0 Å².